The zero-order valence-electron chi connectivity index (χ0n) is 11.5. The predicted octanol–water partition coefficient (Wildman–Crippen LogP) is 2.91. The van der Waals surface area contributed by atoms with E-state index in [1.54, 1.807) is 7.11 Å². The standard InChI is InChI=1S/C15H16BrN3O/c1-9-5-13(19-15(18-9)11-7-17-8-11)10-3-4-14(20-2)12(16)6-10/h3-6,11,17H,7-8H2,1-2H3. The molecule has 5 heteroatoms. The molecule has 3 rings (SSSR count). The zero-order valence-corrected chi connectivity index (χ0v) is 13.1. The Bertz CT molecular complexity index is 641. The van der Waals surface area contributed by atoms with Gasteiger partial charge < -0.3 is 10.1 Å². The van der Waals surface area contributed by atoms with Crippen molar-refractivity contribution in [3.63, 3.8) is 0 Å². The van der Waals surface area contributed by atoms with Gasteiger partial charge in [-0.3, -0.25) is 0 Å². The highest BCUT2D eigenvalue weighted by Gasteiger charge is 2.22. The summed E-state index contributed by atoms with van der Waals surface area (Å²) < 4.78 is 6.19. The molecule has 0 radical (unpaired) electrons. The molecule has 0 atom stereocenters. The lowest BCUT2D eigenvalue weighted by atomic mass is 10.0. The van der Waals surface area contributed by atoms with Crippen LogP contribution < -0.4 is 10.1 Å². The van der Waals surface area contributed by atoms with Gasteiger partial charge in [0, 0.05) is 30.3 Å². The van der Waals surface area contributed by atoms with Crippen molar-refractivity contribution in [2.45, 2.75) is 12.8 Å². The molecule has 2 heterocycles. The van der Waals surface area contributed by atoms with E-state index in [-0.39, 0.29) is 0 Å². The third kappa shape index (κ3) is 2.55. The Labute approximate surface area is 126 Å². The molecule has 1 fully saturated rings. The summed E-state index contributed by atoms with van der Waals surface area (Å²) in [4.78, 5) is 9.26. The molecule has 1 aliphatic rings. The third-order valence-electron chi connectivity index (χ3n) is 3.47. The first-order chi connectivity index (χ1) is 9.67. The van der Waals surface area contributed by atoms with Crippen LogP contribution >= 0.6 is 15.9 Å². The Kier molecular flexibility index (Phi) is 3.72. The van der Waals surface area contributed by atoms with Gasteiger partial charge in [0.15, 0.2) is 0 Å². The Morgan fingerprint density at radius 2 is 2.05 bits per heavy atom. The lowest BCUT2D eigenvalue weighted by molar-refractivity contribution is 0.412. The molecule has 0 saturated carbocycles. The number of benzene rings is 1. The maximum absolute atomic E-state index is 5.26. The van der Waals surface area contributed by atoms with Crippen LogP contribution in [0, 0.1) is 6.92 Å². The molecule has 1 aromatic heterocycles. The van der Waals surface area contributed by atoms with Gasteiger partial charge in [0.25, 0.3) is 0 Å². The molecule has 0 bridgehead atoms. The number of ether oxygens (including phenoxy) is 1. The van der Waals surface area contributed by atoms with E-state index in [0.717, 1.165) is 46.1 Å². The summed E-state index contributed by atoms with van der Waals surface area (Å²) in [7, 11) is 1.66. The molecular weight excluding hydrogens is 318 g/mol. The largest absolute Gasteiger partial charge is 0.496 e. The topological polar surface area (TPSA) is 47.0 Å². The van der Waals surface area contributed by atoms with Crippen molar-refractivity contribution in [3.05, 3.63) is 40.3 Å². The number of nitrogens with zero attached hydrogens (tertiary/aromatic N) is 2. The summed E-state index contributed by atoms with van der Waals surface area (Å²) in [6, 6.07) is 8.02. The summed E-state index contributed by atoms with van der Waals surface area (Å²) in [6.45, 7) is 3.95. The van der Waals surface area contributed by atoms with Crippen molar-refractivity contribution >= 4 is 15.9 Å². The molecule has 1 N–H and O–H groups in total. The first-order valence-corrected chi connectivity index (χ1v) is 7.37. The number of rotatable bonds is 3. The molecule has 20 heavy (non-hydrogen) atoms. The smallest absolute Gasteiger partial charge is 0.134 e. The quantitative estimate of drug-likeness (QED) is 0.938. The predicted molar refractivity (Wildman–Crippen MR) is 82.1 cm³/mol. The molecule has 2 aromatic rings. The maximum atomic E-state index is 5.26. The van der Waals surface area contributed by atoms with E-state index in [1.807, 2.05) is 31.2 Å². The van der Waals surface area contributed by atoms with Gasteiger partial charge in [0.05, 0.1) is 17.3 Å². The molecular formula is C15H16BrN3O. The monoisotopic (exact) mass is 333 g/mol. The van der Waals surface area contributed by atoms with Gasteiger partial charge in [0.1, 0.15) is 11.6 Å². The van der Waals surface area contributed by atoms with Crippen molar-refractivity contribution in [2.75, 3.05) is 20.2 Å². The van der Waals surface area contributed by atoms with Crippen LogP contribution in [0.25, 0.3) is 11.3 Å². The van der Waals surface area contributed by atoms with Crippen LogP contribution in [0.1, 0.15) is 17.4 Å². The first kappa shape index (κ1) is 13.5. The van der Waals surface area contributed by atoms with E-state index < -0.39 is 0 Å². The van der Waals surface area contributed by atoms with E-state index in [9.17, 15) is 0 Å². The van der Waals surface area contributed by atoms with Crippen molar-refractivity contribution in [1.29, 1.82) is 0 Å². The molecule has 1 aromatic carbocycles. The fourth-order valence-electron chi connectivity index (χ4n) is 2.22. The van der Waals surface area contributed by atoms with Crippen LogP contribution in [-0.4, -0.2) is 30.2 Å². The highest BCUT2D eigenvalue weighted by atomic mass is 79.9. The van der Waals surface area contributed by atoms with Crippen molar-refractivity contribution in [2.24, 2.45) is 0 Å². The molecule has 0 unspecified atom stereocenters. The van der Waals surface area contributed by atoms with E-state index in [2.05, 4.69) is 26.2 Å². The second kappa shape index (κ2) is 5.50. The Hall–Kier alpha value is -1.46. The average molecular weight is 334 g/mol. The molecule has 104 valence electrons. The first-order valence-electron chi connectivity index (χ1n) is 6.57. The molecule has 1 aliphatic heterocycles. The highest BCUT2D eigenvalue weighted by molar-refractivity contribution is 9.10. The van der Waals surface area contributed by atoms with Crippen LogP contribution in [0.2, 0.25) is 0 Å². The van der Waals surface area contributed by atoms with Gasteiger partial charge in [-0.2, -0.15) is 0 Å². The minimum Gasteiger partial charge on any atom is -0.496 e. The van der Waals surface area contributed by atoms with E-state index >= 15 is 0 Å². The number of hydrogen-bond donors (Lipinski definition) is 1. The van der Waals surface area contributed by atoms with Gasteiger partial charge in [-0.15, -0.1) is 0 Å². The van der Waals surface area contributed by atoms with Gasteiger partial charge in [0.2, 0.25) is 0 Å². The summed E-state index contributed by atoms with van der Waals surface area (Å²) in [5.74, 6) is 2.20. The molecule has 4 nitrogen and oxygen atoms in total. The summed E-state index contributed by atoms with van der Waals surface area (Å²) in [5.41, 5.74) is 3.03. The minimum absolute atomic E-state index is 0.440. The Morgan fingerprint density at radius 3 is 2.65 bits per heavy atom. The second-order valence-corrected chi connectivity index (χ2v) is 5.81. The average Bonchev–Trinajstić information content (AvgIpc) is 2.36. The van der Waals surface area contributed by atoms with Crippen molar-refractivity contribution in [1.82, 2.24) is 15.3 Å². The van der Waals surface area contributed by atoms with E-state index in [4.69, 9.17) is 9.72 Å². The normalized spacial score (nSPS) is 14.9. The molecule has 0 aliphatic carbocycles. The molecule has 1 saturated heterocycles. The van der Waals surface area contributed by atoms with Crippen molar-refractivity contribution in [3.8, 4) is 17.0 Å². The van der Waals surface area contributed by atoms with Gasteiger partial charge in [-0.1, -0.05) is 0 Å². The van der Waals surface area contributed by atoms with Crippen molar-refractivity contribution < 1.29 is 4.74 Å². The number of hydrogen-bond acceptors (Lipinski definition) is 4. The fraction of sp³-hybridized carbons (Fsp3) is 0.333. The SMILES string of the molecule is COc1ccc(-c2cc(C)nc(C3CNC3)n2)cc1Br. The second-order valence-electron chi connectivity index (χ2n) is 4.96. The van der Waals surface area contributed by atoms with Crippen LogP contribution in [0.3, 0.4) is 0 Å². The van der Waals surface area contributed by atoms with Gasteiger partial charge >= 0.3 is 0 Å². The zero-order chi connectivity index (χ0) is 14.1. The number of aromatic nitrogens is 2. The summed E-state index contributed by atoms with van der Waals surface area (Å²) in [5, 5.41) is 3.26. The van der Waals surface area contributed by atoms with E-state index in [0.29, 0.717) is 5.92 Å². The fourth-order valence-corrected chi connectivity index (χ4v) is 2.76. The number of methoxy groups -OCH3 is 1. The van der Waals surface area contributed by atoms with Crippen LogP contribution in [0.15, 0.2) is 28.7 Å². The highest BCUT2D eigenvalue weighted by Crippen LogP contribution is 2.30. The minimum atomic E-state index is 0.440. The Balaban J connectivity index is 2.00. The lowest BCUT2D eigenvalue weighted by Crippen LogP contribution is -2.41. The molecule has 0 amide bonds. The maximum Gasteiger partial charge on any atom is 0.134 e. The molecule has 0 spiro atoms. The van der Waals surface area contributed by atoms with E-state index in [1.165, 1.54) is 0 Å². The lowest BCUT2D eigenvalue weighted by Gasteiger charge is -2.26. The van der Waals surface area contributed by atoms with Gasteiger partial charge in [-0.05, 0) is 47.1 Å². The van der Waals surface area contributed by atoms with Crippen LogP contribution in [0.5, 0.6) is 5.75 Å². The number of nitrogens with one attached hydrogen (secondary N) is 1. The van der Waals surface area contributed by atoms with Gasteiger partial charge in [-0.25, -0.2) is 9.97 Å². The summed E-state index contributed by atoms with van der Waals surface area (Å²) >= 11 is 3.52. The number of aryl methyl sites for hydroxylation is 1. The number of halogens is 1. The summed E-state index contributed by atoms with van der Waals surface area (Å²) in [6.07, 6.45) is 0. The van der Waals surface area contributed by atoms with Crippen LogP contribution in [-0.2, 0) is 0 Å². The van der Waals surface area contributed by atoms with Crippen LogP contribution in [0.4, 0.5) is 0 Å². The Morgan fingerprint density at radius 1 is 1.25 bits per heavy atom. The third-order valence-corrected chi connectivity index (χ3v) is 4.09.